The minimum atomic E-state index is -0.736. The molecule has 1 N–H and O–H groups in total. The van der Waals surface area contributed by atoms with Gasteiger partial charge in [0.05, 0.1) is 11.8 Å². The van der Waals surface area contributed by atoms with Crippen LogP contribution in [0.2, 0.25) is 0 Å². The van der Waals surface area contributed by atoms with Crippen LogP contribution in [0.5, 0.6) is 0 Å². The van der Waals surface area contributed by atoms with Crippen LogP contribution in [-0.2, 0) is 14.3 Å². The Labute approximate surface area is 147 Å². The Hall–Kier alpha value is -1.06. The maximum absolute atomic E-state index is 12.3. The fraction of sp³-hybridized carbons (Fsp3) is 0.900. The molecule has 0 heterocycles. The van der Waals surface area contributed by atoms with Gasteiger partial charge in [-0.2, -0.15) is 0 Å². The Morgan fingerprint density at radius 1 is 1.00 bits per heavy atom. The van der Waals surface area contributed by atoms with Gasteiger partial charge in [0.25, 0.3) is 0 Å². The van der Waals surface area contributed by atoms with Gasteiger partial charge < -0.3 is 9.84 Å². The molecule has 0 aliphatic heterocycles. The second-order valence-electron chi connectivity index (χ2n) is 8.41. The van der Waals surface area contributed by atoms with E-state index < -0.39 is 11.6 Å². The molecule has 1 fully saturated rings. The summed E-state index contributed by atoms with van der Waals surface area (Å²) in [6, 6.07) is 0. The molecule has 0 aromatic rings. The molecule has 0 bridgehead atoms. The molecule has 0 unspecified atom stereocenters. The Morgan fingerprint density at radius 3 is 2.08 bits per heavy atom. The highest BCUT2D eigenvalue weighted by Gasteiger charge is 2.33. The normalized spacial score (nSPS) is 21.7. The first-order chi connectivity index (χ1) is 11.2. The number of hydrogen-bond acceptors (Lipinski definition) is 3. The van der Waals surface area contributed by atoms with Crippen LogP contribution in [0.4, 0.5) is 0 Å². The predicted molar refractivity (Wildman–Crippen MR) is 95.8 cm³/mol. The van der Waals surface area contributed by atoms with Gasteiger partial charge in [-0.25, -0.2) is 0 Å². The number of esters is 1. The lowest BCUT2D eigenvalue weighted by atomic mass is 9.82. The molecule has 24 heavy (non-hydrogen) atoms. The van der Waals surface area contributed by atoms with Gasteiger partial charge in [0.2, 0.25) is 0 Å². The number of hydrogen-bond donors (Lipinski definition) is 1. The number of carboxylic acids is 1. The summed E-state index contributed by atoms with van der Waals surface area (Å²) >= 11 is 0. The van der Waals surface area contributed by atoms with Gasteiger partial charge in [0, 0.05) is 0 Å². The molecule has 140 valence electrons. The first-order valence-corrected chi connectivity index (χ1v) is 9.67. The molecule has 0 spiro atoms. The van der Waals surface area contributed by atoms with Crippen molar-refractivity contribution in [1.29, 1.82) is 0 Å². The van der Waals surface area contributed by atoms with Gasteiger partial charge in [0.15, 0.2) is 0 Å². The van der Waals surface area contributed by atoms with Crippen molar-refractivity contribution in [2.24, 2.45) is 17.8 Å². The topological polar surface area (TPSA) is 63.6 Å². The molecular weight excluding hydrogens is 304 g/mol. The first kappa shape index (κ1) is 21.0. The lowest BCUT2D eigenvalue weighted by Gasteiger charge is -2.30. The summed E-state index contributed by atoms with van der Waals surface area (Å²) < 4.78 is 5.73. The number of carbonyl (C=O) groups excluding carboxylic acids is 1. The first-order valence-electron chi connectivity index (χ1n) is 9.67. The molecule has 0 amide bonds. The summed E-state index contributed by atoms with van der Waals surface area (Å²) in [6.07, 6.45) is 9.45. The van der Waals surface area contributed by atoms with Crippen molar-refractivity contribution in [2.45, 2.75) is 97.5 Å². The van der Waals surface area contributed by atoms with E-state index in [2.05, 4.69) is 13.8 Å². The monoisotopic (exact) mass is 340 g/mol. The number of ether oxygens (including phenoxy) is 1. The number of rotatable bonds is 10. The summed E-state index contributed by atoms with van der Waals surface area (Å²) in [6.45, 7) is 8.49. The third-order valence-electron chi connectivity index (χ3n) is 5.10. The number of carboxylic acid groups (broad SMARTS) is 1. The van der Waals surface area contributed by atoms with Gasteiger partial charge in [-0.05, 0) is 58.3 Å². The molecule has 4 heteroatoms. The molecule has 0 saturated heterocycles. The SMILES string of the molecule is CC(C)CCCCCCC(C)(C)OC(=O)C1CCC(C(=O)O)CC1. The Morgan fingerprint density at radius 2 is 1.54 bits per heavy atom. The summed E-state index contributed by atoms with van der Waals surface area (Å²) in [5.74, 6) is -0.499. The van der Waals surface area contributed by atoms with Crippen LogP contribution in [0.1, 0.15) is 91.9 Å². The highest BCUT2D eigenvalue weighted by Crippen LogP contribution is 2.31. The van der Waals surface area contributed by atoms with Gasteiger partial charge in [0.1, 0.15) is 5.60 Å². The van der Waals surface area contributed by atoms with E-state index in [1.807, 2.05) is 13.8 Å². The predicted octanol–water partition coefficient (Wildman–Crippen LogP) is 5.20. The van der Waals surface area contributed by atoms with E-state index in [1.165, 1.54) is 25.7 Å². The quantitative estimate of drug-likeness (QED) is 0.439. The van der Waals surface area contributed by atoms with E-state index in [-0.39, 0.29) is 17.8 Å². The van der Waals surface area contributed by atoms with E-state index in [1.54, 1.807) is 0 Å². The summed E-state index contributed by atoms with van der Waals surface area (Å²) in [5, 5.41) is 9.02. The van der Waals surface area contributed by atoms with Crippen molar-refractivity contribution in [1.82, 2.24) is 0 Å². The minimum Gasteiger partial charge on any atom is -0.481 e. The molecule has 0 radical (unpaired) electrons. The van der Waals surface area contributed by atoms with E-state index in [4.69, 9.17) is 9.84 Å². The Kier molecular flexibility index (Phi) is 8.79. The van der Waals surface area contributed by atoms with Crippen LogP contribution in [0, 0.1) is 17.8 Å². The summed E-state index contributed by atoms with van der Waals surface area (Å²) in [4.78, 5) is 23.3. The van der Waals surface area contributed by atoms with Crippen molar-refractivity contribution in [3.05, 3.63) is 0 Å². The van der Waals surface area contributed by atoms with Crippen molar-refractivity contribution in [2.75, 3.05) is 0 Å². The molecule has 0 aromatic carbocycles. The van der Waals surface area contributed by atoms with Crippen molar-refractivity contribution in [3.63, 3.8) is 0 Å². The largest absolute Gasteiger partial charge is 0.481 e. The van der Waals surface area contributed by atoms with E-state index in [9.17, 15) is 9.59 Å². The maximum atomic E-state index is 12.3. The van der Waals surface area contributed by atoms with Crippen molar-refractivity contribution < 1.29 is 19.4 Å². The molecule has 1 rings (SSSR count). The number of aliphatic carboxylic acids is 1. The molecule has 4 nitrogen and oxygen atoms in total. The smallest absolute Gasteiger partial charge is 0.309 e. The zero-order chi connectivity index (χ0) is 18.2. The van der Waals surface area contributed by atoms with E-state index >= 15 is 0 Å². The molecule has 1 aliphatic rings. The zero-order valence-corrected chi connectivity index (χ0v) is 16.0. The van der Waals surface area contributed by atoms with Crippen LogP contribution in [0.15, 0.2) is 0 Å². The van der Waals surface area contributed by atoms with Crippen LogP contribution >= 0.6 is 0 Å². The van der Waals surface area contributed by atoms with Crippen LogP contribution in [0.25, 0.3) is 0 Å². The van der Waals surface area contributed by atoms with Crippen LogP contribution in [-0.4, -0.2) is 22.6 Å². The zero-order valence-electron chi connectivity index (χ0n) is 16.0. The van der Waals surface area contributed by atoms with E-state index in [0.29, 0.717) is 25.7 Å². The molecular formula is C20H36O4. The van der Waals surface area contributed by atoms with E-state index in [0.717, 1.165) is 18.8 Å². The lowest BCUT2D eigenvalue weighted by Crippen LogP contribution is -2.34. The van der Waals surface area contributed by atoms with Gasteiger partial charge in [-0.1, -0.05) is 39.5 Å². The summed E-state index contributed by atoms with van der Waals surface area (Å²) in [5.41, 5.74) is -0.418. The molecule has 1 aliphatic carbocycles. The fourth-order valence-corrected chi connectivity index (χ4v) is 3.44. The van der Waals surface area contributed by atoms with Gasteiger partial charge in [-0.15, -0.1) is 0 Å². The number of unbranched alkanes of at least 4 members (excludes halogenated alkanes) is 3. The minimum absolute atomic E-state index is 0.120. The van der Waals surface area contributed by atoms with Gasteiger partial charge in [-0.3, -0.25) is 9.59 Å². The third-order valence-corrected chi connectivity index (χ3v) is 5.10. The average Bonchev–Trinajstić information content (AvgIpc) is 2.50. The molecule has 0 atom stereocenters. The summed E-state index contributed by atoms with van der Waals surface area (Å²) in [7, 11) is 0. The molecule has 1 saturated carbocycles. The average molecular weight is 341 g/mol. The van der Waals surface area contributed by atoms with Gasteiger partial charge >= 0.3 is 11.9 Å². The fourth-order valence-electron chi connectivity index (χ4n) is 3.44. The highest BCUT2D eigenvalue weighted by atomic mass is 16.6. The maximum Gasteiger partial charge on any atom is 0.309 e. The second kappa shape index (κ2) is 10.0. The second-order valence-corrected chi connectivity index (χ2v) is 8.41. The Balaban J connectivity index is 2.23. The van der Waals surface area contributed by atoms with Crippen LogP contribution < -0.4 is 0 Å². The lowest BCUT2D eigenvalue weighted by molar-refractivity contribution is -0.165. The molecule has 0 aromatic heterocycles. The highest BCUT2D eigenvalue weighted by molar-refractivity contribution is 5.74. The van der Waals surface area contributed by atoms with Crippen LogP contribution in [0.3, 0.4) is 0 Å². The Bertz CT molecular complexity index is 392. The third kappa shape index (κ3) is 8.16. The number of carbonyl (C=O) groups is 2. The van der Waals surface area contributed by atoms with Crippen molar-refractivity contribution in [3.8, 4) is 0 Å². The standard InChI is InChI=1S/C20H36O4/c1-15(2)9-7-5-6-8-14-20(3,4)24-19(23)17-12-10-16(11-13-17)18(21)22/h15-17H,5-14H2,1-4H3,(H,21,22). The van der Waals surface area contributed by atoms with Crippen molar-refractivity contribution >= 4 is 11.9 Å².